The Labute approximate surface area is 158 Å². The van der Waals surface area contributed by atoms with Gasteiger partial charge in [-0.05, 0) is 30.7 Å². The first-order valence-electron chi connectivity index (χ1n) is 8.46. The number of carbonyl (C=O) groups excluding carboxylic acids is 1. The molecule has 0 bridgehead atoms. The number of hydrogen-bond acceptors (Lipinski definition) is 5. The van der Waals surface area contributed by atoms with Crippen LogP contribution in [0.3, 0.4) is 0 Å². The first-order valence-corrected chi connectivity index (χ1v) is 9.34. The minimum Gasteiger partial charge on any atom is -0.493 e. The van der Waals surface area contributed by atoms with E-state index in [0.29, 0.717) is 34.6 Å². The predicted octanol–water partition coefficient (Wildman–Crippen LogP) is 4.24. The van der Waals surface area contributed by atoms with Gasteiger partial charge in [0.2, 0.25) is 5.75 Å². The van der Waals surface area contributed by atoms with Gasteiger partial charge in [0.25, 0.3) is 5.91 Å². The quantitative estimate of drug-likeness (QED) is 0.802. The van der Waals surface area contributed by atoms with E-state index in [0.717, 1.165) is 17.0 Å². The third-order valence-electron chi connectivity index (χ3n) is 4.40. The summed E-state index contributed by atoms with van der Waals surface area (Å²) < 4.78 is 16.1. The number of para-hydroxylation sites is 1. The van der Waals surface area contributed by atoms with Crippen LogP contribution in [0.5, 0.6) is 17.2 Å². The van der Waals surface area contributed by atoms with Gasteiger partial charge in [-0.2, -0.15) is 0 Å². The van der Waals surface area contributed by atoms with Crippen molar-refractivity contribution in [2.45, 2.75) is 23.5 Å². The second kappa shape index (κ2) is 7.91. The summed E-state index contributed by atoms with van der Waals surface area (Å²) >= 11 is 1.81. The molecule has 0 fully saturated rings. The fourth-order valence-corrected chi connectivity index (χ4v) is 4.17. The van der Waals surface area contributed by atoms with Gasteiger partial charge in [-0.15, -0.1) is 11.8 Å². The Kier molecular flexibility index (Phi) is 5.61. The number of fused-ring (bicyclic) bond motifs is 1. The molecule has 2 aromatic rings. The van der Waals surface area contributed by atoms with Crippen molar-refractivity contribution in [1.29, 1.82) is 0 Å². The number of benzene rings is 2. The summed E-state index contributed by atoms with van der Waals surface area (Å²) in [6.07, 6.45) is 0.926. The molecule has 5 nitrogen and oxygen atoms in total. The Balaban J connectivity index is 2.04. The highest BCUT2D eigenvalue weighted by Gasteiger charge is 2.26. The van der Waals surface area contributed by atoms with Crippen molar-refractivity contribution >= 4 is 23.4 Å². The largest absolute Gasteiger partial charge is 0.493 e. The number of rotatable bonds is 4. The smallest absolute Gasteiger partial charge is 0.258 e. The van der Waals surface area contributed by atoms with E-state index in [9.17, 15) is 4.79 Å². The summed E-state index contributed by atoms with van der Waals surface area (Å²) in [5, 5.41) is 0.453. The summed E-state index contributed by atoms with van der Waals surface area (Å²) in [6, 6.07) is 11.4. The molecule has 0 N–H and O–H groups in total. The SMILES string of the molecule is COc1cc(C(=O)N2CCC(C)Sc3ccccc32)cc(OC)c1OC. The molecule has 0 aliphatic carbocycles. The van der Waals surface area contributed by atoms with Gasteiger partial charge >= 0.3 is 0 Å². The van der Waals surface area contributed by atoms with Gasteiger partial charge in [0.05, 0.1) is 27.0 Å². The average molecular weight is 373 g/mol. The molecule has 1 heterocycles. The summed E-state index contributed by atoms with van der Waals surface area (Å²) in [5.74, 6) is 1.35. The molecular formula is C20H23NO4S. The van der Waals surface area contributed by atoms with Crippen LogP contribution in [0, 0.1) is 0 Å². The van der Waals surface area contributed by atoms with Crippen LogP contribution in [-0.2, 0) is 0 Å². The molecule has 1 amide bonds. The van der Waals surface area contributed by atoms with E-state index < -0.39 is 0 Å². The third kappa shape index (κ3) is 3.46. The molecule has 0 aromatic heterocycles. The zero-order chi connectivity index (χ0) is 18.7. The standard InChI is InChI=1S/C20H23NO4S/c1-13-9-10-21(15-7-5-6-8-18(15)26-13)20(22)14-11-16(23-2)19(25-4)17(12-14)24-3/h5-8,11-13H,9-10H2,1-4H3. The summed E-state index contributed by atoms with van der Waals surface area (Å²) in [6.45, 7) is 2.86. The highest BCUT2D eigenvalue weighted by Crippen LogP contribution is 2.41. The molecule has 6 heteroatoms. The van der Waals surface area contributed by atoms with Crippen LogP contribution >= 0.6 is 11.8 Å². The van der Waals surface area contributed by atoms with Gasteiger partial charge in [-0.3, -0.25) is 4.79 Å². The van der Waals surface area contributed by atoms with E-state index in [1.165, 1.54) is 0 Å². The van der Waals surface area contributed by atoms with Crippen molar-refractivity contribution in [2.24, 2.45) is 0 Å². The van der Waals surface area contributed by atoms with Crippen molar-refractivity contribution < 1.29 is 19.0 Å². The number of thioether (sulfide) groups is 1. The zero-order valence-electron chi connectivity index (χ0n) is 15.4. The van der Waals surface area contributed by atoms with E-state index in [1.54, 1.807) is 33.5 Å². The normalized spacial score (nSPS) is 16.5. The van der Waals surface area contributed by atoms with Crippen LogP contribution in [-0.4, -0.2) is 39.0 Å². The monoisotopic (exact) mass is 373 g/mol. The van der Waals surface area contributed by atoms with E-state index in [4.69, 9.17) is 14.2 Å². The molecule has 1 aliphatic heterocycles. The van der Waals surface area contributed by atoms with Crippen molar-refractivity contribution in [2.75, 3.05) is 32.8 Å². The maximum atomic E-state index is 13.3. The molecule has 0 saturated heterocycles. The molecule has 0 saturated carbocycles. The van der Waals surface area contributed by atoms with Crippen molar-refractivity contribution in [3.63, 3.8) is 0 Å². The Morgan fingerprint density at radius 1 is 1.08 bits per heavy atom. The van der Waals surface area contributed by atoms with E-state index in [2.05, 4.69) is 13.0 Å². The summed E-state index contributed by atoms with van der Waals surface area (Å²) in [4.78, 5) is 16.3. The number of methoxy groups -OCH3 is 3. The zero-order valence-corrected chi connectivity index (χ0v) is 16.3. The maximum absolute atomic E-state index is 13.3. The summed E-state index contributed by atoms with van der Waals surface area (Å²) in [7, 11) is 4.64. The number of amides is 1. The molecular weight excluding hydrogens is 350 g/mol. The molecule has 1 aliphatic rings. The molecule has 1 atom stereocenters. The second-order valence-electron chi connectivity index (χ2n) is 6.06. The van der Waals surface area contributed by atoms with Crippen LogP contribution in [0.25, 0.3) is 0 Å². The van der Waals surface area contributed by atoms with Gasteiger partial charge in [0, 0.05) is 22.3 Å². The lowest BCUT2D eigenvalue weighted by molar-refractivity contribution is 0.0985. The van der Waals surface area contributed by atoms with Crippen molar-refractivity contribution in [3.8, 4) is 17.2 Å². The molecule has 2 aromatic carbocycles. The minimum atomic E-state index is -0.0774. The van der Waals surface area contributed by atoms with Gasteiger partial charge in [-0.25, -0.2) is 0 Å². The van der Waals surface area contributed by atoms with Crippen LogP contribution < -0.4 is 19.1 Å². The number of ether oxygens (including phenoxy) is 3. The van der Waals surface area contributed by atoms with Crippen molar-refractivity contribution in [1.82, 2.24) is 0 Å². The van der Waals surface area contributed by atoms with Crippen LogP contribution in [0.2, 0.25) is 0 Å². The van der Waals surface area contributed by atoms with Gasteiger partial charge in [0.1, 0.15) is 0 Å². The fourth-order valence-electron chi connectivity index (χ4n) is 3.06. The Hall–Kier alpha value is -2.34. The van der Waals surface area contributed by atoms with Crippen molar-refractivity contribution in [3.05, 3.63) is 42.0 Å². The average Bonchev–Trinajstić information content (AvgIpc) is 2.84. The number of carbonyl (C=O) groups is 1. The lowest BCUT2D eigenvalue weighted by Crippen LogP contribution is -2.32. The Morgan fingerprint density at radius 3 is 2.35 bits per heavy atom. The van der Waals surface area contributed by atoms with Gasteiger partial charge < -0.3 is 19.1 Å². The lowest BCUT2D eigenvalue weighted by atomic mass is 10.1. The molecule has 1 unspecified atom stereocenters. The Bertz CT molecular complexity index is 783. The number of hydrogen-bond donors (Lipinski definition) is 0. The van der Waals surface area contributed by atoms with E-state index >= 15 is 0 Å². The maximum Gasteiger partial charge on any atom is 0.258 e. The van der Waals surface area contributed by atoms with Crippen LogP contribution in [0.4, 0.5) is 5.69 Å². The topological polar surface area (TPSA) is 48.0 Å². The third-order valence-corrected chi connectivity index (χ3v) is 5.64. The minimum absolute atomic E-state index is 0.0774. The van der Waals surface area contributed by atoms with Crippen LogP contribution in [0.1, 0.15) is 23.7 Å². The highest BCUT2D eigenvalue weighted by atomic mass is 32.2. The van der Waals surface area contributed by atoms with E-state index in [-0.39, 0.29) is 5.91 Å². The number of nitrogens with zero attached hydrogens (tertiary/aromatic N) is 1. The molecule has 138 valence electrons. The first-order chi connectivity index (χ1) is 12.6. The molecule has 26 heavy (non-hydrogen) atoms. The lowest BCUT2D eigenvalue weighted by Gasteiger charge is -2.23. The predicted molar refractivity (Wildman–Crippen MR) is 104 cm³/mol. The van der Waals surface area contributed by atoms with E-state index in [1.807, 2.05) is 34.9 Å². The van der Waals surface area contributed by atoms with Crippen LogP contribution in [0.15, 0.2) is 41.3 Å². The number of anilines is 1. The molecule has 0 radical (unpaired) electrons. The summed E-state index contributed by atoms with van der Waals surface area (Å²) in [5.41, 5.74) is 1.45. The van der Waals surface area contributed by atoms with Gasteiger partial charge in [-0.1, -0.05) is 19.1 Å². The first kappa shape index (κ1) is 18.5. The molecule has 3 rings (SSSR count). The highest BCUT2D eigenvalue weighted by molar-refractivity contribution is 8.00. The molecule has 0 spiro atoms. The van der Waals surface area contributed by atoms with Gasteiger partial charge in [0.15, 0.2) is 11.5 Å². The fraction of sp³-hybridized carbons (Fsp3) is 0.350. The Morgan fingerprint density at radius 2 is 1.73 bits per heavy atom. The second-order valence-corrected chi connectivity index (χ2v) is 7.54.